The fraction of sp³-hybridized carbons (Fsp3) is 0.0909. The summed E-state index contributed by atoms with van der Waals surface area (Å²) >= 11 is 7.41. The van der Waals surface area contributed by atoms with Gasteiger partial charge in [0.2, 0.25) is 0 Å². The number of hydrogen-bond acceptors (Lipinski definition) is 5. The van der Waals surface area contributed by atoms with Gasteiger partial charge in [0.05, 0.1) is 5.25 Å². The molecule has 29 heavy (non-hydrogen) atoms. The molecule has 1 atom stereocenters. The van der Waals surface area contributed by atoms with E-state index >= 15 is 0 Å². The van der Waals surface area contributed by atoms with Gasteiger partial charge in [-0.05, 0) is 43.3 Å². The number of ketones is 1. The average molecular weight is 421 g/mol. The minimum atomic E-state index is -0.356. The van der Waals surface area contributed by atoms with Gasteiger partial charge in [-0.3, -0.25) is 14.3 Å². The van der Waals surface area contributed by atoms with Crippen LogP contribution in [-0.2, 0) is 0 Å². The molecule has 1 unspecified atom stereocenters. The molecule has 0 spiro atoms. The lowest BCUT2D eigenvalue weighted by Crippen LogP contribution is -2.14. The summed E-state index contributed by atoms with van der Waals surface area (Å²) in [4.78, 5) is 17.0. The second-order valence-corrected chi connectivity index (χ2v) is 8.09. The first-order valence-electron chi connectivity index (χ1n) is 9.01. The van der Waals surface area contributed by atoms with E-state index < -0.39 is 0 Å². The number of nitrogens with zero attached hydrogens (tertiary/aromatic N) is 4. The maximum Gasteiger partial charge on any atom is 0.196 e. The topological polar surface area (TPSA) is 60.7 Å². The maximum absolute atomic E-state index is 12.9. The van der Waals surface area contributed by atoms with Crippen LogP contribution in [0.15, 0.2) is 84.3 Å². The molecule has 4 aromatic rings. The fourth-order valence-corrected chi connectivity index (χ4v) is 4.07. The lowest BCUT2D eigenvalue weighted by Gasteiger charge is -2.13. The molecule has 2 aromatic heterocycles. The number of halogens is 1. The van der Waals surface area contributed by atoms with Gasteiger partial charge in [-0.1, -0.05) is 53.7 Å². The molecule has 0 aliphatic rings. The smallest absolute Gasteiger partial charge is 0.196 e. The summed E-state index contributed by atoms with van der Waals surface area (Å²) in [7, 11) is 0. The van der Waals surface area contributed by atoms with Gasteiger partial charge in [-0.2, -0.15) is 0 Å². The Morgan fingerprint density at radius 3 is 2.48 bits per heavy atom. The Labute approximate surface area is 177 Å². The fourth-order valence-electron chi connectivity index (χ4n) is 2.93. The van der Waals surface area contributed by atoms with Crippen molar-refractivity contribution >= 4 is 29.1 Å². The minimum Gasteiger partial charge on any atom is -0.293 e. The SMILES string of the molecule is CC(Sc1nnc(-c2ccncc2)n1-c1ccccc1)C(=O)c1cccc(Cl)c1. The molecule has 0 fully saturated rings. The lowest BCUT2D eigenvalue weighted by molar-refractivity contribution is 0.0994. The van der Waals surface area contributed by atoms with Crippen LogP contribution in [0.4, 0.5) is 0 Å². The second kappa shape index (κ2) is 8.59. The van der Waals surface area contributed by atoms with Crippen molar-refractivity contribution in [3.63, 3.8) is 0 Å². The Bertz CT molecular complexity index is 1130. The van der Waals surface area contributed by atoms with Crippen molar-refractivity contribution in [2.75, 3.05) is 0 Å². The zero-order valence-corrected chi connectivity index (χ0v) is 17.1. The van der Waals surface area contributed by atoms with Crippen molar-refractivity contribution in [1.29, 1.82) is 0 Å². The van der Waals surface area contributed by atoms with Crippen LogP contribution in [0.1, 0.15) is 17.3 Å². The summed E-state index contributed by atoms with van der Waals surface area (Å²) in [6.45, 7) is 1.87. The number of para-hydroxylation sites is 1. The predicted octanol–water partition coefficient (Wildman–Crippen LogP) is 5.35. The number of aromatic nitrogens is 4. The molecule has 0 saturated heterocycles. The molecule has 7 heteroatoms. The monoisotopic (exact) mass is 420 g/mol. The van der Waals surface area contributed by atoms with Gasteiger partial charge in [0.1, 0.15) is 0 Å². The Balaban J connectivity index is 1.71. The average Bonchev–Trinajstić information content (AvgIpc) is 3.18. The van der Waals surface area contributed by atoms with E-state index in [1.807, 2.05) is 54.0 Å². The van der Waals surface area contributed by atoms with Crippen molar-refractivity contribution in [3.05, 3.63) is 89.7 Å². The van der Waals surface area contributed by atoms with Crippen molar-refractivity contribution in [1.82, 2.24) is 19.7 Å². The lowest BCUT2D eigenvalue weighted by atomic mass is 10.1. The minimum absolute atomic E-state index is 0.00873. The number of carbonyl (C=O) groups is 1. The van der Waals surface area contributed by atoms with Crippen LogP contribution in [0.3, 0.4) is 0 Å². The van der Waals surface area contributed by atoms with Gasteiger partial charge in [-0.25, -0.2) is 0 Å². The number of pyridine rings is 1. The number of rotatable bonds is 6. The molecule has 144 valence electrons. The van der Waals surface area contributed by atoms with Gasteiger partial charge in [0.25, 0.3) is 0 Å². The highest BCUT2D eigenvalue weighted by molar-refractivity contribution is 8.00. The second-order valence-electron chi connectivity index (χ2n) is 6.35. The van der Waals surface area contributed by atoms with Crippen molar-refractivity contribution < 1.29 is 4.79 Å². The third kappa shape index (κ3) is 4.23. The van der Waals surface area contributed by atoms with Crippen LogP contribution >= 0.6 is 23.4 Å². The van der Waals surface area contributed by atoms with E-state index in [9.17, 15) is 4.79 Å². The molecule has 0 N–H and O–H groups in total. The van der Waals surface area contributed by atoms with E-state index in [-0.39, 0.29) is 11.0 Å². The van der Waals surface area contributed by atoms with Crippen LogP contribution in [0.5, 0.6) is 0 Å². The number of carbonyl (C=O) groups excluding carboxylic acids is 1. The summed E-state index contributed by atoms with van der Waals surface area (Å²) in [6, 6.07) is 20.6. The first-order valence-corrected chi connectivity index (χ1v) is 10.3. The predicted molar refractivity (Wildman–Crippen MR) is 116 cm³/mol. The Morgan fingerprint density at radius 2 is 1.76 bits per heavy atom. The highest BCUT2D eigenvalue weighted by Gasteiger charge is 2.22. The van der Waals surface area contributed by atoms with Crippen LogP contribution in [0.2, 0.25) is 5.02 Å². The highest BCUT2D eigenvalue weighted by Crippen LogP contribution is 2.31. The molecule has 5 nitrogen and oxygen atoms in total. The summed E-state index contributed by atoms with van der Waals surface area (Å²) in [5.41, 5.74) is 2.41. The number of thioether (sulfide) groups is 1. The van der Waals surface area contributed by atoms with E-state index in [0.717, 1.165) is 11.3 Å². The molecule has 2 heterocycles. The summed E-state index contributed by atoms with van der Waals surface area (Å²) in [5, 5.41) is 9.60. The van der Waals surface area contributed by atoms with Gasteiger partial charge in [0.15, 0.2) is 16.8 Å². The van der Waals surface area contributed by atoms with Crippen molar-refractivity contribution in [2.24, 2.45) is 0 Å². The van der Waals surface area contributed by atoms with E-state index in [1.165, 1.54) is 11.8 Å². The van der Waals surface area contributed by atoms with Crippen LogP contribution < -0.4 is 0 Å². The standard InChI is InChI=1S/C22H17ClN4OS/c1-15(20(28)17-6-5-7-18(23)14-17)29-22-26-25-21(16-10-12-24-13-11-16)27(22)19-8-3-2-4-9-19/h2-15H,1H3. The molecule has 0 aliphatic heterocycles. The van der Waals surface area contributed by atoms with Gasteiger partial charge < -0.3 is 0 Å². The highest BCUT2D eigenvalue weighted by atomic mass is 35.5. The number of benzene rings is 2. The van der Waals surface area contributed by atoms with Gasteiger partial charge >= 0.3 is 0 Å². The third-order valence-electron chi connectivity index (χ3n) is 4.35. The molecule has 2 aromatic carbocycles. The normalized spacial score (nSPS) is 11.9. The molecule has 0 aliphatic carbocycles. The number of hydrogen-bond donors (Lipinski definition) is 0. The Morgan fingerprint density at radius 1 is 1.00 bits per heavy atom. The summed E-state index contributed by atoms with van der Waals surface area (Å²) in [5.74, 6) is 0.689. The van der Waals surface area contributed by atoms with Gasteiger partial charge in [-0.15, -0.1) is 10.2 Å². The van der Waals surface area contributed by atoms with Crippen LogP contribution in [0, 0.1) is 0 Å². The van der Waals surface area contributed by atoms with E-state index in [1.54, 1.807) is 36.7 Å². The molecule has 0 radical (unpaired) electrons. The largest absolute Gasteiger partial charge is 0.293 e. The molecule has 0 amide bonds. The molecular formula is C22H17ClN4OS. The van der Waals surface area contributed by atoms with Gasteiger partial charge in [0, 0.05) is 34.2 Å². The first-order chi connectivity index (χ1) is 14.1. The molecule has 4 rings (SSSR count). The van der Waals surface area contributed by atoms with Crippen LogP contribution in [0.25, 0.3) is 17.1 Å². The molecule has 0 saturated carbocycles. The first kappa shape index (κ1) is 19.4. The van der Waals surface area contributed by atoms with E-state index in [2.05, 4.69) is 15.2 Å². The number of Topliss-reactive ketones (excluding diaryl/α,β-unsaturated/α-hetero) is 1. The van der Waals surface area contributed by atoms with E-state index in [0.29, 0.717) is 21.6 Å². The Hall–Kier alpha value is -2.96. The zero-order valence-electron chi connectivity index (χ0n) is 15.6. The molecular weight excluding hydrogens is 404 g/mol. The van der Waals surface area contributed by atoms with Crippen molar-refractivity contribution in [3.8, 4) is 17.1 Å². The zero-order chi connectivity index (χ0) is 20.2. The van der Waals surface area contributed by atoms with E-state index in [4.69, 9.17) is 11.6 Å². The summed E-state index contributed by atoms with van der Waals surface area (Å²) < 4.78 is 1.96. The van der Waals surface area contributed by atoms with Crippen molar-refractivity contribution in [2.45, 2.75) is 17.3 Å². The third-order valence-corrected chi connectivity index (χ3v) is 5.62. The molecule has 0 bridgehead atoms. The van der Waals surface area contributed by atoms with Crippen LogP contribution in [-0.4, -0.2) is 30.8 Å². The Kier molecular flexibility index (Phi) is 5.74. The summed E-state index contributed by atoms with van der Waals surface area (Å²) in [6.07, 6.45) is 3.44. The maximum atomic E-state index is 12.9. The quantitative estimate of drug-likeness (QED) is 0.311.